The monoisotopic (exact) mass is 367 g/mol. The summed E-state index contributed by atoms with van der Waals surface area (Å²) in [4.78, 5) is 34.7. The molecule has 0 spiro atoms. The molecule has 1 aliphatic rings. The van der Waals surface area contributed by atoms with Gasteiger partial charge in [-0.15, -0.1) is 11.3 Å². The minimum Gasteiger partial charge on any atom is -0.480 e. The highest BCUT2D eigenvalue weighted by Crippen LogP contribution is 2.34. The highest BCUT2D eigenvalue weighted by atomic mass is 32.1. The number of benzene rings is 1. The maximum absolute atomic E-state index is 13.3. The molecule has 1 amide bonds. The molecule has 0 bridgehead atoms. The van der Waals surface area contributed by atoms with Gasteiger partial charge in [0.25, 0.3) is 5.91 Å². The van der Waals surface area contributed by atoms with Crippen molar-refractivity contribution in [3.8, 4) is 11.1 Å². The Kier molecular flexibility index (Phi) is 4.08. The summed E-state index contributed by atoms with van der Waals surface area (Å²) < 4.78 is 0. The molecule has 3 heterocycles. The zero-order valence-corrected chi connectivity index (χ0v) is 14.9. The number of imidazole rings is 1. The molecule has 0 fully saturated rings. The molecule has 132 valence electrons. The van der Waals surface area contributed by atoms with Crippen molar-refractivity contribution in [3.63, 3.8) is 0 Å². The van der Waals surface area contributed by atoms with Crippen molar-refractivity contribution in [1.82, 2.24) is 14.9 Å². The predicted molar refractivity (Wildman–Crippen MR) is 98.1 cm³/mol. The standard InChI is InChI=1S/C19H17N3O3S/c1-11-17(12-5-3-2-4-6-12)13(9-26-11)18(23)22-8-15-14(20-10-21-15)7-16(22)19(24)25/h2-6,9-10,16H,7-8H2,1H3,(H,20,21)(H,24,25). The van der Waals surface area contributed by atoms with Crippen LogP contribution in [0.5, 0.6) is 0 Å². The molecular weight excluding hydrogens is 350 g/mol. The Hall–Kier alpha value is -2.93. The number of hydrogen-bond acceptors (Lipinski definition) is 4. The van der Waals surface area contributed by atoms with Gasteiger partial charge in [0.15, 0.2) is 0 Å². The molecule has 3 aromatic rings. The van der Waals surface area contributed by atoms with Crippen LogP contribution in [0.25, 0.3) is 11.1 Å². The van der Waals surface area contributed by atoms with E-state index in [-0.39, 0.29) is 18.9 Å². The van der Waals surface area contributed by atoms with E-state index in [1.54, 1.807) is 6.33 Å². The van der Waals surface area contributed by atoms with E-state index >= 15 is 0 Å². The number of carbonyl (C=O) groups excluding carboxylic acids is 1. The second-order valence-electron chi connectivity index (χ2n) is 6.27. The van der Waals surface area contributed by atoms with Crippen LogP contribution in [0.1, 0.15) is 26.6 Å². The average Bonchev–Trinajstić information content (AvgIpc) is 3.26. The molecule has 0 saturated heterocycles. The Morgan fingerprint density at radius 1 is 1.31 bits per heavy atom. The lowest BCUT2D eigenvalue weighted by molar-refractivity contribution is -0.142. The molecule has 1 atom stereocenters. The van der Waals surface area contributed by atoms with Gasteiger partial charge in [-0.05, 0) is 12.5 Å². The van der Waals surface area contributed by atoms with Crippen molar-refractivity contribution < 1.29 is 14.7 Å². The first-order valence-corrected chi connectivity index (χ1v) is 9.12. The summed E-state index contributed by atoms with van der Waals surface area (Å²) in [6.45, 7) is 2.19. The molecule has 0 aliphatic carbocycles. The first-order chi connectivity index (χ1) is 12.6. The molecule has 1 aromatic carbocycles. The van der Waals surface area contributed by atoms with Gasteiger partial charge >= 0.3 is 5.97 Å². The molecule has 26 heavy (non-hydrogen) atoms. The van der Waals surface area contributed by atoms with Crippen molar-refractivity contribution in [2.24, 2.45) is 0 Å². The number of nitrogens with zero attached hydrogens (tertiary/aromatic N) is 2. The highest BCUT2D eigenvalue weighted by molar-refractivity contribution is 7.10. The van der Waals surface area contributed by atoms with Gasteiger partial charge in [-0.3, -0.25) is 4.79 Å². The van der Waals surface area contributed by atoms with E-state index in [1.165, 1.54) is 16.2 Å². The molecule has 1 aliphatic heterocycles. The van der Waals surface area contributed by atoms with E-state index in [2.05, 4.69) is 9.97 Å². The molecule has 4 rings (SSSR count). The van der Waals surface area contributed by atoms with Crippen LogP contribution in [0, 0.1) is 6.92 Å². The van der Waals surface area contributed by atoms with Crippen LogP contribution in [-0.4, -0.2) is 37.9 Å². The molecule has 1 unspecified atom stereocenters. The van der Waals surface area contributed by atoms with Crippen LogP contribution in [0.15, 0.2) is 42.0 Å². The minimum atomic E-state index is -1.01. The summed E-state index contributed by atoms with van der Waals surface area (Å²) in [6, 6.07) is 8.80. The van der Waals surface area contributed by atoms with Crippen LogP contribution < -0.4 is 0 Å². The number of H-pyrrole nitrogens is 1. The Bertz CT molecular complexity index is 977. The van der Waals surface area contributed by atoms with Crippen LogP contribution in [0.2, 0.25) is 0 Å². The number of aryl methyl sites for hydroxylation is 1. The third-order valence-corrected chi connectivity index (χ3v) is 5.62. The minimum absolute atomic E-state index is 0.212. The Balaban J connectivity index is 1.75. The number of amides is 1. The number of aromatic nitrogens is 2. The van der Waals surface area contributed by atoms with Crippen LogP contribution in [0.4, 0.5) is 0 Å². The van der Waals surface area contributed by atoms with Gasteiger partial charge in [-0.25, -0.2) is 9.78 Å². The van der Waals surface area contributed by atoms with Crippen molar-refractivity contribution in [3.05, 3.63) is 63.9 Å². The Morgan fingerprint density at radius 3 is 2.81 bits per heavy atom. The molecule has 6 nitrogen and oxygen atoms in total. The lowest BCUT2D eigenvalue weighted by Gasteiger charge is -2.32. The Labute approximate surface area is 154 Å². The maximum Gasteiger partial charge on any atom is 0.326 e. The summed E-state index contributed by atoms with van der Waals surface area (Å²) >= 11 is 1.50. The summed E-state index contributed by atoms with van der Waals surface area (Å²) in [6.07, 6.45) is 1.76. The largest absolute Gasteiger partial charge is 0.480 e. The predicted octanol–water partition coefficient (Wildman–Crippen LogP) is 3.10. The fraction of sp³-hybridized carbons (Fsp3) is 0.211. The van der Waals surface area contributed by atoms with E-state index in [4.69, 9.17) is 0 Å². The number of rotatable bonds is 3. The zero-order chi connectivity index (χ0) is 18.3. The van der Waals surface area contributed by atoms with Crippen molar-refractivity contribution >= 4 is 23.2 Å². The lowest BCUT2D eigenvalue weighted by atomic mass is 9.98. The number of carbonyl (C=O) groups is 2. The van der Waals surface area contributed by atoms with Crippen molar-refractivity contribution in [2.75, 3.05) is 0 Å². The van der Waals surface area contributed by atoms with Gasteiger partial charge in [-0.1, -0.05) is 30.3 Å². The average molecular weight is 367 g/mol. The van der Waals surface area contributed by atoms with Gasteiger partial charge in [0.05, 0.1) is 29.8 Å². The van der Waals surface area contributed by atoms with Crippen molar-refractivity contribution in [2.45, 2.75) is 25.9 Å². The normalized spacial score (nSPS) is 16.3. The number of nitrogens with one attached hydrogen (secondary N) is 1. The number of fused-ring (bicyclic) bond motifs is 1. The van der Waals surface area contributed by atoms with Gasteiger partial charge in [0.2, 0.25) is 0 Å². The Morgan fingerprint density at radius 2 is 2.08 bits per heavy atom. The number of carboxylic acids is 1. The van der Waals surface area contributed by atoms with E-state index in [9.17, 15) is 14.7 Å². The van der Waals surface area contributed by atoms with Crippen molar-refractivity contribution in [1.29, 1.82) is 0 Å². The first kappa shape index (κ1) is 16.5. The molecule has 0 radical (unpaired) electrons. The lowest BCUT2D eigenvalue weighted by Crippen LogP contribution is -2.48. The van der Waals surface area contributed by atoms with Crippen LogP contribution >= 0.6 is 11.3 Å². The summed E-state index contributed by atoms with van der Waals surface area (Å²) in [7, 11) is 0. The number of hydrogen-bond donors (Lipinski definition) is 2. The fourth-order valence-corrected chi connectivity index (χ4v) is 4.26. The number of aromatic amines is 1. The third-order valence-electron chi connectivity index (χ3n) is 4.71. The third kappa shape index (κ3) is 2.70. The molecular formula is C19H17N3O3S. The SMILES string of the molecule is Cc1scc(C(=O)N2Cc3[nH]cnc3CC2C(=O)O)c1-c1ccccc1. The highest BCUT2D eigenvalue weighted by Gasteiger charge is 2.37. The van der Waals surface area contributed by atoms with E-state index < -0.39 is 12.0 Å². The summed E-state index contributed by atoms with van der Waals surface area (Å²) in [5.74, 6) is -1.28. The fourth-order valence-electron chi connectivity index (χ4n) is 3.40. The second kappa shape index (κ2) is 6.42. The van der Waals surface area contributed by atoms with Crippen LogP contribution in [0.3, 0.4) is 0 Å². The molecule has 7 heteroatoms. The molecule has 2 N–H and O–H groups in total. The number of aliphatic carboxylic acids is 1. The van der Waals surface area contributed by atoms with Gasteiger partial charge < -0.3 is 15.0 Å². The summed E-state index contributed by atoms with van der Waals surface area (Å²) in [5, 5.41) is 11.5. The van der Waals surface area contributed by atoms with Gasteiger partial charge in [-0.2, -0.15) is 0 Å². The van der Waals surface area contributed by atoms with Gasteiger partial charge in [0.1, 0.15) is 6.04 Å². The smallest absolute Gasteiger partial charge is 0.326 e. The van der Waals surface area contributed by atoms with E-state index in [1.807, 2.05) is 42.6 Å². The summed E-state index contributed by atoms with van der Waals surface area (Å²) in [5.41, 5.74) is 3.89. The first-order valence-electron chi connectivity index (χ1n) is 8.24. The second-order valence-corrected chi connectivity index (χ2v) is 7.35. The molecule has 2 aromatic heterocycles. The van der Waals surface area contributed by atoms with E-state index in [0.717, 1.165) is 21.7 Å². The van der Waals surface area contributed by atoms with Gasteiger partial charge in [0, 0.05) is 22.2 Å². The maximum atomic E-state index is 13.3. The van der Waals surface area contributed by atoms with Crippen LogP contribution in [-0.2, 0) is 17.8 Å². The molecule has 0 saturated carbocycles. The number of thiophene rings is 1. The zero-order valence-electron chi connectivity index (χ0n) is 14.1. The number of carboxylic acid groups (broad SMARTS) is 1. The quantitative estimate of drug-likeness (QED) is 0.745. The topological polar surface area (TPSA) is 86.3 Å². The van der Waals surface area contributed by atoms with E-state index in [0.29, 0.717) is 11.3 Å².